The summed E-state index contributed by atoms with van der Waals surface area (Å²) in [6.45, 7) is 5.45. The first kappa shape index (κ1) is 18.3. The van der Waals surface area contributed by atoms with Crippen LogP contribution in [0.3, 0.4) is 0 Å². The molecule has 0 saturated carbocycles. The molecule has 2 fully saturated rings. The predicted molar refractivity (Wildman–Crippen MR) is 107 cm³/mol. The highest BCUT2D eigenvalue weighted by Gasteiger charge is 2.24. The Morgan fingerprint density at radius 2 is 2.04 bits per heavy atom. The Balaban J connectivity index is 1.45. The van der Waals surface area contributed by atoms with E-state index in [4.69, 9.17) is 11.6 Å². The normalized spacial score (nSPS) is 23.1. The molecule has 2 aliphatic heterocycles. The minimum Gasteiger partial charge on any atom is -0.369 e. The second-order valence-corrected chi connectivity index (χ2v) is 7.69. The van der Waals surface area contributed by atoms with E-state index >= 15 is 0 Å². The molecule has 0 radical (unpaired) electrons. The molecule has 2 aliphatic rings. The van der Waals surface area contributed by atoms with Crippen LogP contribution >= 0.6 is 11.6 Å². The maximum atomic E-state index is 6.12. The predicted octanol–water partition coefficient (Wildman–Crippen LogP) is 2.43. The van der Waals surface area contributed by atoms with Crippen LogP contribution in [-0.4, -0.2) is 63.7 Å². The van der Waals surface area contributed by atoms with Crippen molar-refractivity contribution in [1.29, 1.82) is 0 Å². The van der Waals surface area contributed by atoms with E-state index in [0.717, 1.165) is 43.0 Å². The summed E-state index contributed by atoms with van der Waals surface area (Å²) in [5, 5.41) is 7.90. The van der Waals surface area contributed by atoms with E-state index in [1.54, 1.807) is 0 Å². The molecular formula is C19H30ClN5. The summed E-state index contributed by atoms with van der Waals surface area (Å²) < 4.78 is 0. The van der Waals surface area contributed by atoms with Crippen molar-refractivity contribution in [2.75, 3.05) is 51.7 Å². The molecule has 5 nitrogen and oxygen atoms in total. The van der Waals surface area contributed by atoms with Gasteiger partial charge in [-0.1, -0.05) is 17.7 Å². The lowest BCUT2D eigenvalue weighted by Crippen LogP contribution is -2.46. The fourth-order valence-corrected chi connectivity index (χ4v) is 3.87. The van der Waals surface area contributed by atoms with Gasteiger partial charge >= 0.3 is 0 Å². The van der Waals surface area contributed by atoms with E-state index in [-0.39, 0.29) is 0 Å². The number of piperidine rings is 1. The van der Waals surface area contributed by atoms with Gasteiger partial charge in [-0.05, 0) is 63.5 Å². The number of benzene rings is 1. The number of halogens is 1. The van der Waals surface area contributed by atoms with Crippen molar-refractivity contribution in [3.63, 3.8) is 0 Å². The van der Waals surface area contributed by atoms with Gasteiger partial charge in [-0.15, -0.1) is 0 Å². The van der Waals surface area contributed by atoms with Crippen LogP contribution in [-0.2, 0) is 0 Å². The average Bonchev–Trinajstić information content (AvgIpc) is 3.08. The Morgan fingerprint density at radius 3 is 2.76 bits per heavy atom. The summed E-state index contributed by atoms with van der Waals surface area (Å²) in [6.07, 6.45) is 3.65. The number of hydrogen-bond acceptors (Lipinski definition) is 3. The minimum absolute atomic E-state index is 0.419. The van der Waals surface area contributed by atoms with Gasteiger partial charge in [0.2, 0.25) is 0 Å². The number of nitrogens with zero attached hydrogens (tertiary/aromatic N) is 3. The Bertz CT molecular complexity index is 583. The van der Waals surface area contributed by atoms with Crippen molar-refractivity contribution >= 4 is 23.2 Å². The van der Waals surface area contributed by atoms with E-state index in [1.165, 1.54) is 31.6 Å². The lowest BCUT2D eigenvalue weighted by Gasteiger charge is -2.29. The number of rotatable bonds is 4. The number of aliphatic imine (C=N–C) groups is 1. The third kappa shape index (κ3) is 5.25. The largest absolute Gasteiger partial charge is 0.369 e. The Hall–Kier alpha value is -1.46. The number of likely N-dealkylation sites (tertiary alicyclic amines) is 1. The standard InChI is InChI=1S/C19H30ClN5/c1-21-19(22-13-15-6-9-24(2)10-7-15)23-17-8-11-25(14-17)18-5-3-4-16(20)12-18/h3-5,12,15,17H,6-11,13-14H2,1-2H3,(H2,21,22,23). The molecule has 0 bridgehead atoms. The van der Waals surface area contributed by atoms with E-state index in [2.05, 4.69) is 38.5 Å². The SMILES string of the molecule is CN=C(NCC1CCN(C)CC1)NC1CCN(c2cccc(Cl)c2)C1. The van der Waals surface area contributed by atoms with Gasteiger partial charge in [-0.2, -0.15) is 0 Å². The highest BCUT2D eigenvalue weighted by Crippen LogP contribution is 2.23. The van der Waals surface area contributed by atoms with Crippen molar-refractivity contribution in [2.45, 2.75) is 25.3 Å². The first-order valence-electron chi connectivity index (χ1n) is 9.30. The Labute approximate surface area is 156 Å². The molecule has 0 spiro atoms. The molecule has 138 valence electrons. The molecule has 2 N–H and O–H groups in total. The minimum atomic E-state index is 0.419. The smallest absolute Gasteiger partial charge is 0.191 e. The molecule has 25 heavy (non-hydrogen) atoms. The first-order chi connectivity index (χ1) is 12.1. The summed E-state index contributed by atoms with van der Waals surface area (Å²) in [5.41, 5.74) is 1.20. The summed E-state index contributed by atoms with van der Waals surface area (Å²) in [4.78, 5) is 9.20. The fourth-order valence-electron chi connectivity index (χ4n) is 3.68. The Morgan fingerprint density at radius 1 is 1.24 bits per heavy atom. The van der Waals surface area contributed by atoms with Gasteiger partial charge in [0.1, 0.15) is 0 Å². The molecule has 1 atom stereocenters. The zero-order valence-electron chi connectivity index (χ0n) is 15.3. The average molecular weight is 364 g/mol. The quantitative estimate of drug-likeness (QED) is 0.637. The number of nitrogens with one attached hydrogen (secondary N) is 2. The van der Waals surface area contributed by atoms with E-state index in [9.17, 15) is 0 Å². The van der Waals surface area contributed by atoms with Crippen LogP contribution in [0, 0.1) is 5.92 Å². The van der Waals surface area contributed by atoms with Gasteiger partial charge in [-0.25, -0.2) is 0 Å². The lowest BCUT2D eigenvalue weighted by molar-refractivity contribution is 0.220. The number of anilines is 1. The van der Waals surface area contributed by atoms with Crippen LogP contribution in [0.15, 0.2) is 29.3 Å². The van der Waals surface area contributed by atoms with Crippen LogP contribution in [0.25, 0.3) is 0 Å². The van der Waals surface area contributed by atoms with Gasteiger partial charge in [0.05, 0.1) is 0 Å². The highest BCUT2D eigenvalue weighted by molar-refractivity contribution is 6.30. The molecule has 1 aromatic rings. The molecule has 6 heteroatoms. The second kappa shape index (κ2) is 8.77. The van der Waals surface area contributed by atoms with Crippen molar-refractivity contribution in [1.82, 2.24) is 15.5 Å². The van der Waals surface area contributed by atoms with Crippen molar-refractivity contribution in [2.24, 2.45) is 10.9 Å². The van der Waals surface area contributed by atoms with E-state index in [1.807, 2.05) is 25.2 Å². The zero-order chi connectivity index (χ0) is 17.6. The molecule has 2 heterocycles. The molecule has 0 amide bonds. The first-order valence-corrected chi connectivity index (χ1v) is 9.68. The highest BCUT2D eigenvalue weighted by atomic mass is 35.5. The summed E-state index contributed by atoms with van der Waals surface area (Å²) in [7, 11) is 4.06. The molecule has 2 saturated heterocycles. The fraction of sp³-hybridized carbons (Fsp3) is 0.632. The van der Waals surface area contributed by atoms with Crippen molar-refractivity contribution < 1.29 is 0 Å². The number of hydrogen-bond donors (Lipinski definition) is 2. The third-order valence-electron chi connectivity index (χ3n) is 5.32. The number of guanidine groups is 1. The maximum absolute atomic E-state index is 6.12. The van der Waals surface area contributed by atoms with Gasteiger partial charge in [0.15, 0.2) is 5.96 Å². The molecule has 0 aromatic heterocycles. The van der Waals surface area contributed by atoms with Crippen LogP contribution < -0.4 is 15.5 Å². The molecule has 1 aromatic carbocycles. The maximum Gasteiger partial charge on any atom is 0.191 e. The van der Waals surface area contributed by atoms with Gasteiger partial charge in [0.25, 0.3) is 0 Å². The van der Waals surface area contributed by atoms with Crippen molar-refractivity contribution in [3.05, 3.63) is 29.3 Å². The summed E-state index contributed by atoms with van der Waals surface area (Å²) in [5.74, 6) is 1.68. The molecule has 1 unspecified atom stereocenters. The summed E-state index contributed by atoms with van der Waals surface area (Å²) in [6, 6.07) is 8.52. The molecule has 3 rings (SSSR count). The Kier molecular flexibility index (Phi) is 6.43. The van der Waals surface area contributed by atoms with Crippen LogP contribution in [0.1, 0.15) is 19.3 Å². The topological polar surface area (TPSA) is 42.9 Å². The van der Waals surface area contributed by atoms with Gasteiger partial charge in [0, 0.05) is 43.4 Å². The molecular weight excluding hydrogens is 334 g/mol. The van der Waals surface area contributed by atoms with E-state index < -0.39 is 0 Å². The van der Waals surface area contributed by atoms with Gasteiger partial charge in [-0.3, -0.25) is 4.99 Å². The lowest BCUT2D eigenvalue weighted by atomic mass is 9.97. The molecule has 0 aliphatic carbocycles. The van der Waals surface area contributed by atoms with Crippen LogP contribution in [0.5, 0.6) is 0 Å². The van der Waals surface area contributed by atoms with Crippen LogP contribution in [0.2, 0.25) is 5.02 Å². The second-order valence-electron chi connectivity index (χ2n) is 7.26. The van der Waals surface area contributed by atoms with Crippen LogP contribution in [0.4, 0.5) is 5.69 Å². The monoisotopic (exact) mass is 363 g/mol. The van der Waals surface area contributed by atoms with E-state index in [0.29, 0.717) is 6.04 Å². The zero-order valence-corrected chi connectivity index (χ0v) is 16.1. The summed E-state index contributed by atoms with van der Waals surface area (Å²) >= 11 is 6.12. The van der Waals surface area contributed by atoms with Gasteiger partial charge < -0.3 is 20.4 Å². The van der Waals surface area contributed by atoms with Crippen molar-refractivity contribution in [3.8, 4) is 0 Å². The third-order valence-corrected chi connectivity index (χ3v) is 5.56.